The molecule has 0 unspecified atom stereocenters. The van der Waals surface area contributed by atoms with Crippen molar-refractivity contribution in [2.75, 3.05) is 32.1 Å². The molecule has 1 fully saturated rings. The highest BCUT2D eigenvalue weighted by molar-refractivity contribution is 7.98. The van der Waals surface area contributed by atoms with Gasteiger partial charge < -0.3 is 5.73 Å². The number of likely N-dealkylation sites (N-methyl/N-ethyl adjacent to an activating group) is 1. The molecule has 1 aliphatic rings. The number of nitrogens with two attached hydrogens (primary N) is 1. The summed E-state index contributed by atoms with van der Waals surface area (Å²) in [6, 6.07) is 0. The van der Waals surface area contributed by atoms with Crippen molar-refractivity contribution in [1.82, 2.24) is 4.90 Å². The summed E-state index contributed by atoms with van der Waals surface area (Å²) in [4.78, 5) is 2.42. The van der Waals surface area contributed by atoms with Crippen LogP contribution in [0.2, 0.25) is 0 Å². The fourth-order valence-electron chi connectivity index (χ4n) is 1.35. The zero-order valence-electron chi connectivity index (χ0n) is 7.47. The van der Waals surface area contributed by atoms with Gasteiger partial charge in [0.2, 0.25) is 0 Å². The van der Waals surface area contributed by atoms with Gasteiger partial charge in [0.15, 0.2) is 0 Å². The van der Waals surface area contributed by atoms with Gasteiger partial charge in [0.25, 0.3) is 0 Å². The summed E-state index contributed by atoms with van der Waals surface area (Å²) in [5.74, 6) is 1.22. The van der Waals surface area contributed by atoms with E-state index in [9.17, 15) is 0 Å². The summed E-state index contributed by atoms with van der Waals surface area (Å²) >= 11 is 1.90. The summed E-state index contributed by atoms with van der Waals surface area (Å²) < 4.78 is 0. The third-order valence-electron chi connectivity index (χ3n) is 2.65. The van der Waals surface area contributed by atoms with E-state index < -0.39 is 0 Å². The highest BCUT2D eigenvalue weighted by Crippen LogP contribution is 2.39. The molecule has 1 rings (SSSR count). The monoisotopic (exact) mass is 174 g/mol. The lowest BCUT2D eigenvalue weighted by molar-refractivity contribution is 0.241. The van der Waals surface area contributed by atoms with Crippen molar-refractivity contribution in [3.63, 3.8) is 0 Å². The van der Waals surface area contributed by atoms with Gasteiger partial charge in [-0.3, -0.25) is 4.90 Å². The number of hydrogen-bond acceptors (Lipinski definition) is 3. The van der Waals surface area contributed by atoms with Crippen LogP contribution in [0.5, 0.6) is 0 Å². The minimum absolute atomic E-state index is 0.399. The molecule has 0 aliphatic heterocycles. The van der Waals surface area contributed by atoms with Crippen molar-refractivity contribution >= 4 is 11.8 Å². The number of thioether (sulfide) groups is 1. The number of rotatable bonds is 5. The lowest BCUT2D eigenvalue weighted by Gasteiger charge is -2.26. The molecule has 1 aliphatic carbocycles. The van der Waals surface area contributed by atoms with Crippen molar-refractivity contribution in [3.8, 4) is 0 Å². The van der Waals surface area contributed by atoms with Gasteiger partial charge in [-0.1, -0.05) is 0 Å². The minimum atomic E-state index is 0.399. The first kappa shape index (κ1) is 9.36. The van der Waals surface area contributed by atoms with E-state index in [4.69, 9.17) is 5.73 Å². The standard InChI is InChI=1S/C8H18N2S/c1-10(5-6-11-2)8(7-9)3-4-8/h3-7,9H2,1-2H3. The van der Waals surface area contributed by atoms with Crippen LogP contribution >= 0.6 is 11.8 Å². The molecule has 0 aromatic heterocycles. The SMILES string of the molecule is CSCCN(C)C1(CN)CC1. The van der Waals surface area contributed by atoms with E-state index in [1.165, 1.54) is 25.1 Å². The average Bonchev–Trinajstić information content (AvgIpc) is 2.80. The van der Waals surface area contributed by atoms with Crippen LogP contribution in [-0.4, -0.2) is 42.6 Å². The van der Waals surface area contributed by atoms with Gasteiger partial charge >= 0.3 is 0 Å². The van der Waals surface area contributed by atoms with E-state index >= 15 is 0 Å². The second-order valence-electron chi connectivity index (χ2n) is 3.34. The molecule has 0 spiro atoms. The molecular weight excluding hydrogens is 156 g/mol. The summed E-state index contributed by atoms with van der Waals surface area (Å²) in [5, 5.41) is 0. The van der Waals surface area contributed by atoms with E-state index in [1.54, 1.807) is 0 Å². The average molecular weight is 174 g/mol. The van der Waals surface area contributed by atoms with Crippen molar-refractivity contribution in [2.45, 2.75) is 18.4 Å². The Bertz CT molecular complexity index is 123. The molecular formula is C8H18N2S. The van der Waals surface area contributed by atoms with Gasteiger partial charge in [0.05, 0.1) is 0 Å². The molecule has 0 aromatic rings. The minimum Gasteiger partial charge on any atom is -0.329 e. The summed E-state index contributed by atoms with van der Waals surface area (Å²) in [5.41, 5.74) is 6.09. The van der Waals surface area contributed by atoms with Crippen LogP contribution in [0.1, 0.15) is 12.8 Å². The Balaban J connectivity index is 2.23. The van der Waals surface area contributed by atoms with Crippen LogP contribution in [0.25, 0.3) is 0 Å². The van der Waals surface area contributed by atoms with E-state index in [0.717, 1.165) is 6.54 Å². The molecule has 0 saturated heterocycles. The molecule has 11 heavy (non-hydrogen) atoms. The molecule has 0 heterocycles. The molecule has 0 atom stereocenters. The van der Waals surface area contributed by atoms with E-state index in [-0.39, 0.29) is 0 Å². The third kappa shape index (κ3) is 2.10. The number of hydrogen-bond donors (Lipinski definition) is 1. The Hall–Kier alpha value is 0.270. The lowest BCUT2D eigenvalue weighted by Crippen LogP contribution is -2.41. The molecule has 0 radical (unpaired) electrons. The van der Waals surface area contributed by atoms with Gasteiger partial charge in [-0.25, -0.2) is 0 Å². The van der Waals surface area contributed by atoms with Gasteiger partial charge in [-0.2, -0.15) is 11.8 Å². The molecule has 1 saturated carbocycles. The van der Waals surface area contributed by atoms with Crippen molar-refractivity contribution in [2.24, 2.45) is 5.73 Å². The van der Waals surface area contributed by atoms with Gasteiger partial charge in [0.1, 0.15) is 0 Å². The molecule has 2 nitrogen and oxygen atoms in total. The first-order valence-corrected chi connectivity index (χ1v) is 5.55. The molecule has 0 bridgehead atoms. The zero-order chi connectivity index (χ0) is 8.32. The van der Waals surface area contributed by atoms with E-state index in [1.807, 2.05) is 11.8 Å². The smallest absolute Gasteiger partial charge is 0.0330 e. The molecule has 66 valence electrons. The van der Waals surface area contributed by atoms with Gasteiger partial charge in [-0.15, -0.1) is 0 Å². The summed E-state index contributed by atoms with van der Waals surface area (Å²) in [6.45, 7) is 2.01. The largest absolute Gasteiger partial charge is 0.329 e. The quantitative estimate of drug-likeness (QED) is 0.667. The van der Waals surface area contributed by atoms with E-state index in [2.05, 4.69) is 18.2 Å². The second-order valence-corrected chi connectivity index (χ2v) is 4.33. The second kappa shape index (κ2) is 3.78. The summed E-state index contributed by atoms with van der Waals surface area (Å²) in [6.07, 6.45) is 4.75. The van der Waals surface area contributed by atoms with Crippen LogP contribution < -0.4 is 5.73 Å². The molecule has 0 amide bonds. The van der Waals surface area contributed by atoms with Crippen molar-refractivity contribution in [1.29, 1.82) is 0 Å². The maximum Gasteiger partial charge on any atom is 0.0330 e. The van der Waals surface area contributed by atoms with Crippen molar-refractivity contribution in [3.05, 3.63) is 0 Å². The first-order valence-electron chi connectivity index (χ1n) is 4.15. The highest BCUT2D eigenvalue weighted by atomic mass is 32.2. The Morgan fingerprint density at radius 3 is 2.55 bits per heavy atom. The Morgan fingerprint density at radius 1 is 1.55 bits per heavy atom. The van der Waals surface area contributed by atoms with Crippen LogP contribution in [0.15, 0.2) is 0 Å². The highest BCUT2D eigenvalue weighted by Gasteiger charge is 2.44. The summed E-state index contributed by atoms with van der Waals surface area (Å²) in [7, 11) is 2.19. The molecule has 3 heteroatoms. The Kier molecular flexibility index (Phi) is 3.22. The molecule has 2 N–H and O–H groups in total. The Labute approximate surface area is 73.5 Å². The van der Waals surface area contributed by atoms with Crippen LogP contribution in [0, 0.1) is 0 Å². The topological polar surface area (TPSA) is 29.3 Å². The fourth-order valence-corrected chi connectivity index (χ4v) is 1.81. The van der Waals surface area contributed by atoms with Crippen LogP contribution in [0.4, 0.5) is 0 Å². The van der Waals surface area contributed by atoms with E-state index in [0.29, 0.717) is 5.54 Å². The van der Waals surface area contributed by atoms with Crippen LogP contribution in [-0.2, 0) is 0 Å². The lowest BCUT2D eigenvalue weighted by atomic mass is 10.2. The predicted molar refractivity (Wildman–Crippen MR) is 52.0 cm³/mol. The predicted octanol–water partition coefficient (Wildman–Crippen LogP) is 0.773. The van der Waals surface area contributed by atoms with Crippen molar-refractivity contribution < 1.29 is 0 Å². The van der Waals surface area contributed by atoms with Gasteiger partial charge in [-0.05, 0) is 26.1 Å². The third-order valence-corrected chi connectivity index (χ3v) is 3.24. The van der Waals surface area contributed by atoms with Gasteiger partial charge in [0, 0.05) is 24.4 Å². The number of nitrogens with zero attached hydrogens (tertiary/aromatic N) is 1. The maximum atomic E-state index is 5.69. The van der Waals surface area contributed by atoms with Crippen LogP contribution in [0.3, 0.4) is 0 Å². The molecule has 0 aromatic carbocycles. The zero-order valence-corrected chi connectivity index (χ0v) is 8.28. The first-order chi connectivity index (χ1) is 5.25. The maximum absolute atomic E-state index is 5.69. The Morgan fingerprint density at radius 2 is 2.18 bits per heavy atom. The fraction of sp³-hybridized carbons (Fsp3) is 1.00. The normalized spacial score (nSPS) is 20.7.